The second-order valence-corrected chi connectivity index (χ2v) is 5.24. The lowest BCUT2D eigenvalue weighted by Gasteiger charge is -2.19. The zero-order chi connectivity index (χ0) is 18.6. The summed E-state index contributed by atoms with van der Waals surface area (Å²) in [5.74, 6) is -1.35. The largest absolute Gasteiger partial charge is 0.418 e. The Balaban J connectivity index is 2.10. The summed E-state index contributed by atoms with van der Waals surface area (Å²) in [7, 11) is 0. The van der Waals surface area contributed by atoms with E-state index in [1.807, 2.05) is 0 Å². The topological polar surface area (TPSA) is 75.4 Å². The van der Waals surface area contributed by atoms with Crippen LogP contribution in [-0.2, 0) is 11.0 Å². The van der Waals surface area contributed by atoms with Gasteiger partial charge in [-0.15, -0.1) is 0 Å². The Morgan fingerprint density at radius 3 is 2.52 bits per heavy atom. The fourth-order valence-electron chi connectivity index (χ4n) is 2.15. The molecule has 1 heterocycles. The Hall–Kier alpha value is -2.84. The number of carbonyl (C=O) groups is 2. The van der Waals surface area contributed by atoms with Gasteiger partial charge in [-0.3, -0.25) is 9.59 Å². The second-order valence-electron chi connectivity index (χ2n) is 5.24. The van der Waals surface area contributed by atoms with Crippen LogP contribution >= 0.6 is 0 Å². The van der Waals surface area contributed by atoms with Crippen LogP contribution in [0.25, 0.3) is 0 Å². The molecule has 1 N–H and O–H groups in total. The maximum Gasteiger partial charge on any atom is 0.418 e. The number of hydrogen-bond donors (Lipinski definition) is 1. The molecule has 1 aromatic heterocycles. The SMILES string of the molecule is CCN(CC(=O)Nc1ccccc1C(F)(F)F)C(=O)c1cc(C)no1. The molecule has 0 bridgehead atoms. The number of anilines is 1. The van der Waals surface area contributed by atoms with Crippen molar-refractivity contribution in [3.63, 3.8) is 0 Å². The average molecular weight is 355 g/mol. The third kappa shape index (κ3) is 4.59. The Morgan fingerprint density at radius 1 is 1.28 bits per heavy atom. The first-order valence-corrected chi connectivity index (χ1v) is 7.41. The molecular weight excluding hydrogens is 339 g/mol. The smallest absolute Gasteiger partial charge is 0.351 e. The summed E-state index contributed by atoms with van der Waals surface area (Å²) in [4.78, 5) is 25.5. The highest BCUT2D eigenvalue weighted by molar-refractivity contribution is 5.98. The fraction of sp³-hybridized carbons (Fsp3) is 0.312. The van der Waals surface area contributed by atoms with Crippen molar-refractivity contribution in [2.75, 3.05) is 18.4 Å². The molecule has 0 saturated heterocycles. The molecule has 2 rings (SSSR count). The molecule has 0 aliphatic carbocycles. The minimum Gasteiger partial charge on any atom is -0.351 e. The van der Waals surface area contributed by atoms with Gasteiger partial charge in [-0.05, 0) is 26.0 Å². The lowest BCUT2D eigenvalue weighted by Crippen LogP contribution is -2.38. The summed E-state index contributed by atoms with van der Waals surface area (Å²) >= 11 is 0. The van der Waals surface area contributed by atoms with Gasteiger partial charge in [-0.2, -0.15) is 13.2 Å². The van der Waals surface area contributed by atoms with Gasteiger partial charge in [-0.1, -0.05) is 17.3 Å². The van der Waals surface area contributed by atoms with E-state index in [0.29, 0.717) is 5.69 Å². The number of carbonyl (C=O) groups excluding carboxylic acids is 2. The molecule has 6 nitrogen and oxygen atoms in total. The van der Waals surface area contributed by atoms with Crippen molar-refractivity contribution < 1.29 is 27.3 Å². The maximum atomic E-state index is 12.9. The number of aromatic nitrogens is 1. The molecule has 0 atom stereocenters. The van der Waals surface area contributed by atoms with Gasteiger partial charge in [0.1, 0.15) is 6.54 Å². The molecule has 0 aliphatic rings. The van der Waals surface area contributed by atoms with Gasteiger partial charge in [0.15, 0.2) is 0 Å². The summed E-state index contributed by atoms with van der Waals surface area (Å²) in [6.45, 7) is 3.03. The molecule has 25 heavy (non-hydrogen) atoms. The van der Waals surface area contributed by atoms with Crippen LogP contribution in [0.1, 0.15) is 28.7 Å². The molecular formula is C16H16F3N3O3. The number of halogens is 3. The molecule has 0 saturated carbocycles. The van der Waals surface area contributed by atoms with Crippen LogP contribution in [0.5, 0.6) is 0 Å². The van der Waals surface area contributed by atoms with Crippen LogP contribution in [-0.4, -0.2) is 35.0 Å². The number of nitrogens with zero attached hydrogens (tertiary/aromatic N) is 2. The van der Waals surface area contributed by atoms with Gasteiger partial charge in [0.25, 0.3) is 5.91 Å². The highest BCUT2D eigenvalue weighted by Crippen LogP contribution is 2.34. The molecule has 9 heteroatoms. The van der Waals surface area contributed by atoms with Gasteiger partial charge in [0, 0.05) is 12.6 Å². The molecule has 0 unspecified atom stereocenters. The molecule has 0 aliphatic heterocycles. The van der Waals surface area contributed by atoms with Crippen LogP contribution in [0, 0.1) is 6.92 Å². The van der Waals surface area contributed by atoms with Crippen LogP contribution in [0.4, 0.5) is 18.9 Å². The van der Waals surface area contributed by atoms with Gasteiger partial charge in [-0.25, -0.2) is 0 Å². The summed E-state index contributed by atoms with van der Waals surface area (Å²) < 4.78 is 43.7. The van der Waals surface area contributed by atoms with Crippen molar-refractivity contribution in [1.29, 1.82) is 0 Å². The molecule has 2 aromatic rings. The van der Waals surface area contributed by atoms with Gasteiger partial charge in [0.05, 0.1) is 16.9 Å². The van der Waals surface area contributed by atoms with Crippen molar-refractivity contribution in [2.24, 2.45) is 0 Å². The minimum absolute atomic E-state index is 0.0390. The van der Waals surface area contributed by atoms with Crippen LogP contribution in [0.15, 0.2) is 34.9 Å². The van der Waals surface area contributed by atoms with E-state index in [9.17, 15) is 22.8 Å². The second kappa shape index (κ2) is 7.37. The molecule has 0 spiro atoms. The van der Waals surface area contributed by atoms with E-state index >= 15 is 0 Å². The number of aryl methyl sites for hydroxylation is 1. The van der Waals surface area contributed by atoms with Crippen molar-refractivity contribution in [2.45, 2.75) is 20.0 Å². The number of benzene rings is 1. The first-order chi connectivity index (χ1) is 11.7. The van der Waals surface area contributed by atoms with E-state index in [2.05, 4.69) is 10.5 Å². The first kappa shape index (κ1) is 18.5. The number of hydrogen-bond acceptors (Lipinski definition) is 4. The predicted molar refractivity (Wildman–Crippen MR) is 82.9 cm³/mol. The minimum atomic E-state index is -4.60. The first-order valence-electron chi connectivity index (χ1n) is 7.41. The monoisotopic (exact) mass is 355 g/mol. The van der Waals surface area contributed by atoms with Gasteiger partial charge < -0.3 is 14.7 Å². The van der Waals surface area contributed by atoms with E-state index < -0.39 is 30.1 Å². The van der Waals surface area contributed by atoms with Gasteiger partial charge in [0.2, 0.25) is 11.7 Å². The fourth-order valence-corrected chi connectivity index (χ4v) is 2.15. The van der Waals surface area contributed by atoms with Gasteiger partial charge >= 0.3 is 6.18 Å². The van der Waals surface area contributed by atoms with E-state index in [4.69, 9.17) is 4.52 Å². The van der Waals surface area contributed by atoms with Crippen LogP contribution in [0.2, 0.25) is 0 Å². The Bertz CT molecular complexity index is 771. The highest BCUT2D eigenvalue weighted by atomic mass is 19.4. The molecule has 0 fully saturated rings. The van der Waals surface area contributed by atoms with Crippen molar-refractivity contribution in [3.8, 4) is 0 Å². The number of likely N-dealkylation sites (N-methyl/N-ethyl adjacent to an activating group) is 1. The zero-order valence-corrected chi connectivity index (χ0v) is 13.6. The quantitative estimate of drug-likeness (QED) is 0.894. The third-order valence-corrected chi connectivity index (χ3v) is 3.35. The lowest BCUT2D eigenvalue weighted by atomic mass is 10.1. The van der Waals surface area contributed by atoms with E-state index in [1.165, 1.54) is 18.2 Å². The molecule has 0 radical (unpaired) electrons. The van der Waals surface area contributed by atoms with E-state index in [-0.39, 0.29) is 18.0 Å². The molecule has 1 aromatic carbocycles. The van der Waals surface area contributed by atoms with E-state index in [1.54, 1.807) is 13.8 Å². The molecule has 2 amide bonds. The summed E-state index contributed by atoms with van der Waals surface area (Å²) in [6.07, 6.45) is -4.60. The maximum absolute atomic E-state index is 12.9. The standard InChI is InChI=1S/C16H16F3N3O3/c1-3-22(15(24)13-8-10(2)21-25-13)9-14(23)20-12-7-5-4-6-11(12)16(17,18)19/h4-8H,3,9H2,1-2H3,(H,20,23). The highest BCUT2D eigenvalue weighted by Gasteiger charge is 2.33. The third-order valence-electron chi connectivity index (χ3n) is 3.35. The normalized spacial score (nSPS) is 11.2. The lowest BCUT2D eigenvalue weighted by molar-refractivity contribution is -0.137. The van der Waals surface area contributed by atoms with Crippen molar-refractivity contribution >= 4 is 17.5 Å². The van der Waals surface area contributed by atoms with Crippen molar-refractivity contribution in [1.82, 2.24) is 10.1 Å². The summed E-state index contributed by atoms with van der Waals surface area (Å²) in [6, 6.07) is 6.05. The number of alkyl halides is 3. The Labute approximate surface area is 141 Å². The number of rotatable bonds is 5. The zero-order valence-electron chi connectivity index (χ0n) is 13.6. The number of amides is 2. The van der Waals surface area contributed by atoms with Crippen LogP contribution < -0.4 is 5.32 Å². The Morgan fingerprint density at radius 2 is 1.96 bits per heavy atom. The van der Waals surface area contributed by atoms with Crippen molar-refractivity contribution in [3.05, 3.63) is 47.3 Å². The summed E-state index contributed by atoms with van der Waals surface area (Å²) in [5.41, 5.74) is -0.814. The summed E-state index contributed by atoms with van der Waals surface area (Å²) in [5, 5.41) is 5.79. The van der Waals surface area contributed by atoms with E-state index in [0.717, 1.165) is 17.0 Å². The van der Waals surface area contributed by atoms with Crippen LogP contribution in [0.3, 0.4) is 0 Å². The number of nitrogens with one attached hydrogen (secondary N) is 1. The Kier molecular flexibility index (Phi) is 5.45. The average Bonchev–Trinajstić information content (AvgIpc) is 2.98. The number of para-hydroxylation sites is 1. The predicted octanol–water partition coefficient (Wildman–Crippen LogP) is 3.10. The molecule has 134 valence electrons.